The lowest BCUT2D eigenvalue weighted by Gasteiger charge is -2.12. The van der Waals surface area contributed by atoms with E-state index in [1.54, 1.807) is 0 Å². The van der Waals surface area contributed by atoms with E-state index < -0.39 is 33.7 Å². The van der Waals surface area contributed by atoms with Gasteiger partial charge in [-0.3, -0.25) is 14.9 Å². The number of halogens is 4. The first-order valence-corrected chi connectivity index (χ1v) is 4.99. The van der Waals surface area contributed by atoms with Gasteiger partial charge in [0, 0.05) is 6.92 Å². The Morgan fingerprint density at radius 3 is 2.47 bits per heavy atom. The number of hydrogen-bond donors (Lipinski definition) is 1. The second-order valence-corrected chi connectivity index (χ2v) is 3.69. The molecule has 0 aliphatic heterocycles. The van der Waals surface area contributed by atoms with Crippen molar-refractivity contribution in [2.45, 2.75) is 13.3 Å². The zero-order chi connectivity index (χ0) is 14.8. The van der Waals surface area contributed by atoms with E-state index in [0.29, 0.717) is 6.07 Å². The number of carbonyl (C=O) groups excluding carboxylic acids is 1. The summed E-state index contributed by atoms with van der Waals surface area (Å²) in [7, 11) is 0. The molecule has 6 nitrogen and oxygen atoms in total. The first-order valence-electron chi connectivity index (χ1n) is 4.61. The van der Waals surface area contributed by atoms with E-state index in [-0.39, 0.29) is 5.69 Å². The van der Waals surface area contributed by atoms with Crippen LogP contribution in [0.3, 0.4) is 0 Å². The normalized spacial score (nSPS) is 11.0. The van der Waals surface area contributed by atoms with Crippen LogP contribution in [0.5, 0.6) is 5.75 Å². The number of carbonyl (C=O) groups is 1. The van der Waals surface area contributed by atoms with Crippen LogP contribution in [0.25, 0.3) is 0 Å². The van der Waals surface area contributed by atoms with Gasteiger partial charge >= 0.3 is 6.36 Å². The third-order valence-corrected chi connectivity index (χ3v) is 2.08. The minimum Gasteiger partial charge on any atom is -0.404 e. The second-order valence-electron chi connectivity index (χ2n) is 3.29. The lowest BCUT2D eigenvalue weighted by atomic mass is 10.2. The smallest absolute Gasteiger partial charge is 0.404 e. The van der Waals surface area contributed by atoms with Gasteiger partial charge in [0.15, 0.2) is 5.75 Å². The molecular formula is C9H6ClF3N2O4. The van der Waals surface area contributed by atoms with Gasteiger partial charge in [-0.2, -0.15) is 0 Å². The summed E-state index contributed by atoms with van der Waals surface area (Å²) in [5.74, 6) is -1.56. The molecule has 0 saturated heterocycles. The summed E-state index contributed by atoms with van der Waals surface area (Å²) in [6, 6.07) is 1.29. The van der Waals surface area contributed by atoms with Crippen molar-refractivity contribution in [3.63, 3.8) is 0 Å². The van der Waals surface area contributed by atoms with Gasteiger partial charge in [0.25, 0.3) is 5.69 Å². The van der Waals surface area contributed by atoms with E-state index in [2.05, 4.69) is 10.1 Å². The fourth-order valence-electron chi connectivity index (χ4n) is 1.19. The highest BCUT2D eigenvalue weighted by molar-refractivity contribution is 6.32. The van der Waals surface area contributed by atoms with Crippen molar-refractivity contribution >= 4 is 28.9 Å². The molecule has 0 unspecified atom stereocenters. The Balaban J connectivity index is 3.28. The van der Waals surface area contributed by atoms with Gasteiger partial charge in [-0.1, -0.05) is 11.6 Å². The van der Waals surface area contributed by atoms with E-state index in [0.717, 1.165) is 13.0 Å². The average molecular weight is 299 g/mol. The largest absolute Gasteiger partial charge is 0.573 e. The Labute approximate surface area is 109 Å². The SMILES string of the molecule is CC(=O)Nc1cc(Cl)c(OC(F)(F)F)cc1[N+](=O)[O-]. The number of rotatable bonds is 3. The molecule has 0 saturated carbocycles. The summed E-state index contributed by atoms with van der Waals surface area (Å²) in [6.07, 6.45) is -5.03. The van der Waals surface area contributed by atoms with E-state index in [9.17, 15) is 28.1 Å². The van der Waals surface area contributed by atoms with Crippen LogP contribution in [0.4, 0.5) is 24.5 Å². The molecule has 104 valence electrons. The first kappa shape index (κ1) is 15.0. The van der Waals surface area contributed by atoms with Crippen molar-refractivity contribution < 1.29 is 27.6 Å². The number of nitrogens with zero attached hydrogens (tertiary/aromatic N) is 1. The van der Waals surface area contributed by atoms with Gasteiger partial charge in [-0.15, -0.1) is 13.2 Å². The van der Waals surface area contributed by atoms with Crippen LogP contribution in [0.1, 0.15) is 6.92 Å². The maximum absolute atomic E-state index is 12.0. The summed E-state index contributed by atoms with van der Waals surface area (Å²) < 4.78 is 39.7. The number of nitro benzene ring substituents is 1. The lowest BCUT2D eigenvalue weighted by Crippen LogP contribution is -2.18. The van der Waals surface area contributed by atoms with Gasteiger partial charge in [0.2, 0.25) is 5.91 Å². The highest BCUT2D eigenvalue weighted by Crippen LogP contribution is 2.38. The molecule has 0 heterocycles. The zero-order valence-corrected chi connectivity index (χ0v) is 10.0. The maximum Gasteiger partial charge on any atom is 0.573 e. The summed E-state index contributed by atoms with van der Waals surface area (Å²) in [4.78, 5) is 20.6. The number of nitro groups is 1. The van der Waals surface area contributed by atoms with E-state index >= 15 is 0 Å². The van der Waals surface area contributed by atoms with Gasteiger partial charge in [0.1, 0.15) is 5.69 Å². The summed E-state index contributed by atoms with van der Waals surface area (Å²) in [5.41, 5.74) is -1.09. The highest BCUT2D eigenvalue weighted by atomic mass is 35.5. The summed E-state index contributed by atoms with van der Waals surface area (Å²) in [6.45, 7) is 1.08. The average Bonchev–Trinajstić information content (AvgIpc) is 2.18. The molecule has 1 aromatic carbocycles. The third kappa shape index (κ3) is 4.28. The molecule has 1 amide bonds. The lowest BCUT2D eigenvalue weighted by molar-refractivity contribution is -0.384. The Bertz CT molecular complexity index is 533. The predicted molar refractivity (Wildman–Crippen MR) is 59.1 cm³/mol. The molecule has 1 N–H and O–H groups in total. The standard InChI is InChI=1S/C9H6ClF3N2O4/c1-4(16)14-6-2-5(10)8(19-9(11,12)13)3-7(6)15(17)18/h2-3H,1H3,(H,14,16). The van der Waals surface area contributed by atoms with Crippen LogP contribution in [0, 0.1) is 10.1 Å². The molecule has 10 heteroatoms. The van der Waals surface area contributed by atoms with Crippen molar-refractivity contribution in [1.82, 2.24) is 0 Å². The molecule has 1 aromatic rings. The minimum absolute atomic E-state index is 0.322. The Morgan fingerprint density at radius 1 is 1.47 bits per heavy atom. The van der Waals surface area contributed by atoms with Crippen LogP contribution < -0.4 is 10.1 Å². The van der Waals surface area contributed by atoms with Crippen LogP contribution >= 0.6 is 11.6 Å². The molecule has 0 aromatic heterocycles. The number of hydrogen-bond acceptors (Lipinski definition) is 4. The Kier molecular flexibility index (Phi) is 4.20. The van der Waals surface area contributed by atoms with E-state index in [4.69, 9.17) is 11.6 Å². The molecule has 0 atom stereocenters. The van der Waals surface area contributed by atoms with Crippen molar-refractivity contribution in [2.24, 2.45) is 0 Å². The van der Waals surface area contributed by atoms with Gasteiger partial charge in [-0.25, -0.2) is 0 Å². The van der Waals surface area contributed by atoms with Gasteiger partial charge in [-0.05, 0) is 6.07 Å². The number of benzene rings is 1. The molecule has 0 spiro atoms. The zero-order valence-electron chi connectivity index (χ0n) is 9.25. The summed E-state index contributed by atoms with van der Waals surface area (Å²) in [5, 5.41) is 12.3. The topological polar surface area (TPSA) is 81.5 Å². The minimum atomic E-state index is -5.03. The van der Waals surface area contributed by atoms with Gasteiger partial charge in [0.05, 0.1) is 16.0 Å². The van der Waals surface area contributed by atoms with Crippen molar-refractivity contribution in [3.8, 4) is 5.75 Å². The fraction of sp³-hybridized carbons (Fsp3) is 0.222. The van der Waals surface area contributed by atoms with Crippen molar-refractivity contribution in [3.05, 3.63) is 27.3 Å². The second kappa shape index (κ2) is 5.31. The van der Waals surface area contributed by atoms with Crippen LogP contribution in [0.15, 0.2) is 12.1 Å². The van der Waals surface area contributed by atoms with Gasteiger partial charge < -0.3 is 10.1 Å². The molecule has 19 heavy (non-hydrogen) atoms. The Hall–Kier alpha value is -2.03. The summed E-state index contributed by atoms with van der Waals surface area (Å²) >= 11 is 5.50. The maximum atomic E-state index is 12.0. The third-order valence-electron chi connectivity index (χ3n) is 1.78. The van der Waals surface area contributed by atoms with Crippen LogP contribution in [-0.4, -0.2) is 17.2 Å². The molecule has 0 radical (unpaired) electrons. The van der Waals surface area contributed by atoms with Crippen LogP contribution in [0.2, 0.25) is 5.02 Å². The van der Waals surface area contributed by atoms with E-state index in [1.165, 1.54) is 0 Å². The Morgan fingerprint density at radius 2 is 2.05 bits per heavy atom. The number of ether oxygens (including phenoxy) is 1. The molecular weight excluding hydrogens is 293 g/mol. The number of nitrogens with one attached hydrogen (secondary N) is 1. The molecule has 1 rings (SSSR count). The highest BCUT2D eigenvalue weighted by Gasteiger charge is 2.33. The monoisotopic (exact) mass is 298 g/mol. The fourth-order valence-corrected chi connectivity index (χ4v) is 1.39. The number of alkyl halides is 3. The predicted octanol–water partition coefficient (Wildman–Crippen LogP) is 3.11. The van der Waals surface area contributed by atoms with Crippen molar-refractivity contribution in [2.75, 3.05) is 5.32 Å². The van der Waals surface area contributed by atoms with Crippen LogP contribution in [-0.2, 0) is 4.79 Å². The molecule has 0 aliphatic rings. The quantitative estimate of drug-likeness (QED) is 0.686. The molecule has 0 fully saturated rings. The number of anilines is 1. The first-order chi connectivity index (χ1) is 8.60. The molecule has 0 aliphatic carbocycles. The van der Waals surface area contributed by atoms with E-state index in [1.807, 2.05) is 0 Å². The number of amides is 1. The van der Waals surface area contributed by atoms with Crippen molar-refractivity contribution in [1.29, 1.82) is 0 Å². The molecule has 0 bridgehead atoms.